The van der Waals surface area contributed by atoms with E-state index in [0.717, 1.165) is 11.1 Å². The highest BCUT2D eigenvalue weighted by Gasteiger charge is 2.05. The highest BCUT2D eigenvalue weighted by molar-refractivity contribution is 5.94. The van der Waals surface area contributed by atoms with Crippen LogP contribution in [0.15, 0.2) is 48.5 Å². The number of carbonyl (C=O) groups excluding carboxylic acids is 1. The van der Waals surface area contributed by atoms with Crippen molar-refractivity contribution in [1.82, 2.24) is 5.32 Å². The molecule has 100 valence electrons. The minimum absolute atomic E-state index is 0.196. The zero-order chi connectivity index (χ0) is 14.4. The van der Waals surface area contributed by atoms with Gasteiger partial charge in [-0.2, -0.15) is 5.26 Å². The number of hydrogen-bond acceptors (Lipinski definition) is 2. The van der Waals surface area contributed by atoms with Gasteiger partial charge in [-0.3, -0.25) is 4.79 Å². The second-order valence-electron chi connectivity index (χ2n) is 4.34. The van der Waals surface area contributed by atoms with Gasteiger partial charge in [0.05, 0.1) is 12.5 Å². The number of amides is 1. The summed E-state index contributed by atoms with van der Waals surface area (Å²) in [5.41, 5.74) is 2.25. The Morgan fingerprint density at radius 1 is 1.05 bits per heavy atom. The summed E-state index contributed by atoms with van der Waals surface area (Å²) in [5, 5.41) is 11.3. The molecule has 3 nitrogen and oxygen atoms in total. The van der Waals surface area contributed by atoms with Crippen LogP contribution < -0.4 is 5.32 Å². The molecule has 0 saturated heterocycles. The zero-order valence-electron chi connectivity index (χ0n) is 10.8. The fourth-order valence-corrected chi connectivity index (χ4v) is 1.75. The molecule has 0 fully saturated rings. The molecule has 2 rings (SSSR count). The lowest BCUT2D eigenvalue weighted by atomic mass is 10.1. The first-order chi connectivity index (χ1) is 9.69. The van der Waals surface area contributed by atoms with Crippen molar-refractivity contribution >= 4 is 5.91 Å². The average molecular weight is 268 g/mol. The predicted octanol–water partition coefficient (Wildman–Crippen LogP) is 2.82. The topological polar surface area (TPSA) is 52.9 Å². The van der Waals surface area contributed by atoms with Crippen LogP contribution in [0, 0.1) is 17.1 Å². The Hall–Kier alpha value is -2.67. The van der Waals surface area contributed by atoms with E-state index in [1.165, 1.54) is 12.1 Å². The number of rotatable bonds is 4. The van der Waals surface area contributed by atoms with Crippen molar-refractivity contribution in [3.05, 3.63) is 71.0 Å². The first kappa shape index (κ1) is 13.8. The molecular weight excluding hydrogens is 255 g/mol. The van der Waals surface area contributed by atoms with Crippen LogP contribution in [0.1, 0.15) is 21.5 Å². The number of benzene rings is 2. The van der Waals surface area contributed by atoms with Gasteiger partial charge in [0.2, 0.25) is 0 Å². The van der Waals surface area contributed by atoms with E-state index in [4.69, 9.17) is 5.26 Å². The van der Waals surface area contributed by atoms with Crippen molar-refractivity contribution in [3.63, 3.8) is 0 Å². The molecule has 0 spiro atoms. The number of nitrogens with zero attached hydrogens (tertiary/aromatic N) is 1. The lowest BCUT2D eigenvalue weighted by Crippen LogP contribution is -2.22. The largest absolute Gasteiger partial charge is 0.348 e. The number of halogens is 1. The van der Waals surface area contributed by atoms with Gasteiger partial charge in [-0.25, -0.2) is 4.39 Å². The molecular formula is C16H13FN2O. The number of hydrogen-bond donors (Lipinski definition) is 1. The Morgan fingerprint density at radius 3 is 2.25 bits per heavy atom. The molecule has 0 unspecified atom stereocenters. The van der Waals surface area contributed by atoms with Crippen LogP contribution in [0.4, 0.5) is 4.39 Å². The molecule has 1 amide bonds. The molecule has 0 atom stereocenters. The number of nitriles is 1. The Bertz CT molecular complexity index is 627. The summed E-state index contributed by atoms with van der Waals surface area (Å²) in [6, 6.07) is 14.9. The van der Waals surface area contributed by atoms with Gasteiger partial charge in [0.1, 0.15) is 5.82 Å². The van der Waals surface area contributed by atoms with Crippen molar-refractivity contribution in [1.29, 1.82) is 5.26 Å². The van der Waals surface area contributed by atoms with E-state index >= 15 is 0 Å². The molecule has 0 heterocycles. The summed E-state index contributed by atoms with van der Waals surface area (Å²) < 4.78 is 12.7. The molecule has 0 radical (unpaired) electrons. The van der Waals surface area contributed by atoms with Gasteiger partial charge in [-0.15, -0.1) is 0 Å². The highest BCUT2D eigenvalue weighted by atomic mass is 19.1. The van der Waals surface area contributed by atoms with Gasteiger partial charge in [0.15, 0.2) is 0 Å². The lowest BCUT2D eigenvalue weighted by Gasteiger charge is -2.06. The van der Waals surface area contributed by atoms with Crippen molar-refractivity contribution in [2.75, 3.05) is 0 Å². The first-order valence-corrected chi connectivity index (χ1v) is 6.17. The lowest BCUT2D eigenvalue weighted by molar-refractivity contribution is 0.0951. The van der Waals surface area contributed by atoms with Crippen LogP contribution in [-0.4, -0.2) is 5.91 Å². The monoisotopic (exact) mass is 268 g/mol. The molecule has 0 aromatic heterocycles. The zero-order valence-corrected chi connectivity index (χ0v) is 10.8. The fraction of sp³-hybridized carbons (Fsp3) is 0.125. The Balaban J connectivity index is 1.94. The maximum Gasteiger partial charge on any atom is 0.251 e. The highest BCUT2D eigenvalue weighted by Crippen LogP contribution is 2.06. The Kier molecular flexibility index (Phi) is 4.46. The van der Waals surface area contributed by atoms with E-state index in [1.807, 2.05) is 0 Å². The van der Waals surface area contributed by atoms with Crippen molar-refractivity contribution in [2.24, 2.45) is 0 Å². The third-order valence-corrected chi connectivity index (χ3v) is 2.87. The van der Waals surface area contributed by atoms with Crippen LogP contribution in [-0.2, 0) is 13.0 Å². The molecule has 0 aliphatic heterocycles. The number of nitrogens with one attached hydrogen (secondary N) is 1. The van der Waals surface area contributed by atoms with E-state index < -0.39 is 0 Å². The molecule has 0 aliphatic rings. The first-order valence-electron chi connectivity index (χ1n) is 6.17. The standard InChI is InChI=1S/C16H13FN2O/c17-15-7-3-13(4-8-15)11-19-16(20)14-5-1-12(2-6-14)9-10-18/h1-8H,9,11H2,(H,19,20). The second kappa shape index (κ2) is 6.48. The molecule has 1 N–H and O–H groups in total. The third kappa shape index (κ3) is 3.66. The normalized spacial score (nSPS) is 9.80. The summed E-state index contributed by atoms with van der Waals surface area (Å²) in [6.45, 7) is 0.346. The minimum atomic E-state index is -0.298. The summed E-state index contributed by atoms with van der Waals surface area (Å²) in [5.74, 6) is -0.494. The summed E-state index contributed by atoms with van der Waals surface area (Å²) >= 11 is 0. The average Bonchev–Trinajstić information content (AvgIpc) is 2.47. The van der Waals surface area contributed by atoms with Gasteiger partial charge in [-0.1, -0.05) is 24.3 Å². The smallest absolute Gasteiger partial charge is 0.251 e. The Labute approximate surface area is 116 Å². The van der Waals surface area contributed by atoms with Gasteiger partial charge in [0.25, 0.3) is 5.91 Å². The van der Waals surface area contributed by atoms with Crippen LogP contribution in [0.3, 0.4) is 0 Å². The fourth-order valence-electron chi connectivity index (χ4n) is 1.75. The quantitative estimate of drug-likeness (QED) is 0.927. The van der Waals surface area contributed by atoms with Gasteiger partial charge < -0.3 is 5.32 Å². The second-order valence-corrected chi connectivity index (χ2v) is 4.34. The summed E-state index contributed by atoms with van der Waals surface area (Å²) in [6.07, 6.45) is 0.331. The van der Waals surface area contributed by atoms with E-state index in [-0.39, 0.29) is 11.7 Å². The molecule has 4 heteroatoms. The Morgan fingerprint density at radius 2 is 1.65 bits per heavy atom. The third-order valence-electron chi connectivity index (χ3n) is 2.87. The van der Waals surface area contributed by atoms with Crippen LogP contribution in [0.2, 0.25) is 0 Å². The van der Waals surface area contributed by atoms with Gasteiger partial charge >= 0.3 is 0 Å². The van der Waals surface area contributed by atoms with Crippen molar-refractivity contribution in [3.8, 4) is 6.07 Å². The molecule has 20 heavy (non-hydrogen) atoms. The molecule has 0 aliphatic carbocycles. The molecule has 2 aromatic rings. The SMILES string of the molecule is N#CCc1ccc(C(=O)NCc2ccc(F)cc2)cc1. The maximum atomic E-state index is 12.7. The van der Waals surface area contributed by atoms with Gasteiger partial charge in [-0.05, 0) is 35.4 Å². The summed E-state index contributed by atoms with van der Waals surface area (Å²) in [7, 11) is 0. The molecule has 2 aromatic carbocycles. The van der Waals surface area contributed by atoms with Crippen molar-refractivity contribution < 1.29 is 9.18 Å². The predicted molar refractivity (Wildman–Crippen MR) is 73.3 cm³/mol. The van der Waals surface area contributed by atoms with Crippen LogP contribution >= 0.6 is 0 Å². The molecule has 0 saturated carbocycles. The maximum absolute atomic E-state index is 12.7. The minimum Gasteiger partial charge on any atom is -0.348 e. The van der Waals surface area contributed by atoms with E-state index in [9.17, 15) is 9.18 Å². The van der Waals surface area contributed by atoms with Crippen LogP contribution in [0.25, 0.3) is 0 Å². The van der Waals surface area contributed by atoms with Crippen molar-refractivity contribution in [2.45, 2.75) is 13.0 Å². The van der Waals surface area contributed by atoms with E-state index in [2.05, 4.69) is 11.4 Å². The van der Waals surface area contributed by atoms with Crippen LogP contribution in [0.5, 0.6) is 0 Å². The van der Waals surface area contributed by atoms with E-state index in [1.54, 1.807) is 36.4 Å². The molecule has 0 bridgehead atoms. The van der Waals surface area contributed by atoms with E-state index in [0.29, 0.717) is 18.5 Å². The number of carbonyl (C=O) groups is 1. The van der Waals surface area contributed by atoms with Gasteiger partial charge in [0, 0.05) is 12.1 Å². The summed E-state index contributed by atoms with van der Waals surface area (Å²) in [4.78, 5) is 11.9.